The van der Waals surface area contributed by atoms with E-state index in [1.54, 1.807) is 0 Å². The molecule has 4 nitrogen and oxygen atoms in total. The van der Waals surface area contributed by atoms with Gasteiger partial charge in [0.15, 0.2) is 0 Å². The maximum Gasteiger partial charge on any atom is 0.209 e. The molecule has 2 unspecified atom stereocenters. The topological polar surface area (TPSA) is 69.4 Å². The van der Waals surface area contributed by atoms with Crippen molar-refractivity contribution in [1.82, 2.24) is 0 Å². The van der Waals surface area contributed by atoms with Crippen LogP contribution in [0.15, 0.2) is 0 Å². The van der Waals surface area contributed by atoms with E-state index in [9.17, 15) is 8.42 Å². The third-order valence-electron chi connectivity index (χ3n) is 4.77. The lowest BCUT2D eigenvalue weighted by Gasteiger charge is -2.36. The highest BCUT2D eigenvalue weighted by Gasteiger charge is 2.33. The van der Waals surface area contributed by atoms with Crippen LogP contribution in [0.4, 0.5) is 0 Å². The van der Waals surface area contributed by atoms with Crippen LogP contribution < -0.4 is 5.14 Å². The van der Waals surface area contributed by atoms with E-state index in [1.807, 2.05) is 13.8 Å². The lowest BCUT2D eigenvalue weighted by molar-refractivity contribution is -0.0398. The first-order chi connectivity index (χ1) is 9.19. The minimum Gasteiger partial charge on any atom is -0.378 e. The van der Waals surface area contributed by atoms with E-state index >= 15 is 0 Å². The zero-order valence-corrected chi connectivity index (χ0v) is 14.2. The van der Waals surface area contributed by atoms with Gasteiger partial charge in [-0.1, -0.05) is 27.7 Å². The van der Waals surface area contributed by atoms with Crippen LogP contribution in [0.5, 0.6) is 0 Å². The Hall–Kier alpha value is -0.130. The van der Waals surface area contributed by atoms with Crippen LogP contribution in [0.2, 0.25) is 0 Å². The van der Waals surface area contributed by atoms with Gasteiger partial charge in [-0.05, 0) is 43.9 Å². The smallest absolute Gasteiger partial charge is 0.209 e. The SMILES string of the molecule is CCC(CC)(COC1CC(C)CC(C)C1)CS(N)(=O)=O. The average Bonchev–Trinajstić information content (AvgIpc) is 2.32. The number of primary sulfonamides is 1. The van der Waals surface area contributed by atoms with Crippen molar-refractivity contribution < 1.29 is 13.2 Å². The summed E-state index contributed by atoms with van der Waals surface area (Å²) in [5, 5.41) is 5.24. The number of rotatable bonds is 7. The van der Waals surface area contributed by atoms with Gasteiger partial charge in [0.05, 0.1) is 18.5 Å². The van der Waals surface area contributed by atoms with Crippen LogP contribution in [0, 0.1) is 17.3 Å². The van der Waals surface area contributed by atoms with Gasteiger partial charge in [0.1, 0.15) is 0 Å². The lowest BCUT2D eigenvalue weighted by atomic mass is 9.81. The van der Waals surface area contributed by atoms with E-state index in [2.05, 4.69) is 13.8 Å². The highest BCUT2D eigenvalue weighted by Crippen LogP contribution is 2.33. The van der Waals surface area contributed by atoms with E-state index in [0.29, 0.717) is 18.4 Å². The molecule has 1 saturated carbocycles. The maximum absolute atomic E-state index is 11.4. The van der Waals surface area contributed by atoms with Crippen molar-refractivity contribution in [2.24, 2.45) is 22.4 Å². The molecule has 1 rings (SSSR count). The van der Waals surface area contributed by atoms with Crippen LogP contribution in [-0.4, -0.2) is 26.9 Å². The minimum absolute atomic E-state index is 0.0187. The van der Waals surface area contributed by atoms with E-state index in [0.717, 1.165) is 25.7 Å². The van der Waals surface area contributed by atoms with Gasteiger partial charge < -0.3 is 4.74 Å². The highest BCUT2D eigenvalue weighted by atomic mass is 32.2. The minimum atomic E-state index is -3.46. The van der Waals surface area contributed by atoms with Crippen molar-refractivity contribution in [1.29, 1.82) is 0 Å². The van der Waals surface area contributed by atoms with E-state index in [1.165, 1.54) is 6.42 Å². The van der Waals surface area contributed by atoms with Crippen LogP contribution in [0.1, 0.15) is 59.8 Å². The molecule has 0 aromatic carbocycles. The Kier molecular flexibility index (Phi) is 6.48. The molecule has 120 valence electrons. The van der Waals surface area contributed by atoms with Gasteiger partial charge in [-0.25, -0.2) is 13.6 Å². The van der Waals surface area contributed by atoms with E-state index in [4.69, 9.17) is 9.88 Å². The molecule has 0 bridgehead atoms. The predicted octanol–water partition coefficient (Wildman–Crippen LogP) is 2.92. The third kappa shape index (κ3) is 5.70. The molecule has 0 amide bonds. The molecular weight excluding hydrogens is 274 g/mol. The number of hydrogen-bond donors (Lipinski definition) is 1. The van der Waals surface area contributed by atoms with Gasteiger partial charge in [0.2, 0.25) is 10.0 Å². The summed E-state index contributed by atoms with van der Waals surface area (Å²) in [6.07, 6.45) is 5.26. The quantitative estimate of drug-likeness (QED) is 0.786. The van der Waals surface area contributed by atoms with Crippen LogP contribution in [-0.2, 0) is 14.8 Å². The first-order valence-electron chi connectivity index (χ1n) is 7.81. The number of ether oxygens (including phenoxy) is 1. The summed E-state index contributed by atoms with van der Waals surface area (Å²) < 4.78 is 29.0. The molecule has 1 aliphatic rings. The molecule has 0 aliphatic heterocycles. The summed E-state index contributed by atoms with van der Waals surface area (Å²) in [5.74, 6) is 1.41. The Morgan fingerprint density at radius 2 is 1.60 bits per heavy atom. The zero-order chi connectivity index (χ0) is 15.4. The summed E-state index contributed by atoms with van der Waals surface area (Å²) in [5.41, 5.74) is -0.336. The lowest BCUT2D eigenvalue weighted by Crippen LogP contribution is -2.39. The van der Waals surface area contributed by atoms with Gasteiger partial charge >= 0.3 is 0 Å². The molecule has 5 heteroatoms. The predicted molar refractivity (Wildman–Crippen MR) is 82.9 cm³/mol. The van der Waals surface area contributed by atoms with Gasteiger partial charge in [-0.3, -0.25) is 0 Å². The third-order valence-corrected chi connectivity index (χ3v) is 5.78. The fourth-order valence-electron chi connectivity index (χ4n) is 3.43. The van der Waals surface area contributed by atoms with Crippen molar-refractivity contribution in [3.63, 3.8) is 0 Å². The molecule has 0 spiro atoms. The molecule has 1 fully saturated rings. The fourth-order valence-corrected chi connectivity index (χ4v) is 4.78. The monoisotopic (exact) mass is 305 g/mol. The molecule has 1 aliphatic carbocycles. The Balaban J connectivity index is 2.62. The number of hydrogen-bond acceptors (Lipinski definition) is 3. The Morgan fingerprint density at radius 3 is 2.00 bits per heavy atom. The molecule has 0 aromatic heterocycles. The van der Waals surface area contributed by atoms with Gasteiger partial charge in [-0.2, -0.15) is 0 Å². The number of sulfonamides is 1. The molecule has 0 radical (unpaired) electrons. The van der Waals surface area contributed by atoms with Crippen molar-refractivity contribution in [2.45, 2.75) is 65.9 Å². The largest absolute Gasteiger partial charge is 0.378 e. The first kappa shape index (κ1) is 17.9. The Labute approximate surface area is 124 Å². The number of nitrogens with two attached hydrogens (primary N) is 1. The normalized spacial score (nSPS) is 28.6. The van der Waals surface area contributed by atoms with Gasteiger partial charge in [0, 0.05) is 5.41 Å². The summed E-state index contributed by atoms with van der Waals surface area (Å²) in [4.78, 5) is 0. The van der Waals surface area contributed by atoms with Gasteiger partial charge in [0.25, 0.3) is 0 Å². The Bertz CT molecular complexity index is 380. The van der Waals surface area contributed by atoms with Crippen molar-refractivity contribution >= 4 is 10.0 Å². The first-order valence-corrected chi connectivity index (χ1v) is 9.53. The van der Waals surface area contributed by atoms with Crippen molar-refractivity contribution in [2.75, 3.05) is 12.4 Å². The average molecular weight is 305 g/mol. The molecular formula is C15H31NO3S. The molecule has 20 heavy (non-hydrogen) atoms. The fraction of sp³-hybridized carbons (Fsp3) is 1.00. The summed E-state index contributed by atoms with van der Waals surface area (Å²) in [6.45, 7) is 9.07. The molecule has 2 atom stereocenters. The summed E-state index contributed by atoms with van der Waals surface area (Å²) in [6, 6.07) is 0. The van der Waals surface area contributed by atoms with Crippen LogP contribution in [0.25, 0.3) is 0 Å². The van der Waals surface area contributed by atoms with Crippen molar-refractivity contribution in [3.8, 4) is 0 Å². The van der Waals surface area contributed by atoms with E-state index < -0.39 is 10.0 Å². The summed E-state index contributed by atoms with van der Waals surface area (Å²) >= 11 is 0. The van der Waals surface area contributed by atoms with Crippen LogP contribution in [0.3, 0.4) is 0 Å². The highest BCUT2D eigenvalue weighted by molar-refractivity contribution is 7.89. The Morgan fingerprint density at radius 1 is 1.10 bits per heavy atom. The second kappa shape index (κ2) is 7.23. The molecule has 0 aromatic rings. The second-order valence-electron chi connectivity index (χ2n) is 6.86. The van der Waals surface area contributed by atoms with Crippen LogP contribution >= 0.6 is 0 Å². The van der Waals surface area contributed by atoms with Gasteiger partial charge in [-0.15, -0.1) is 0 Å². The molecule has 0 saturated heterocycles. The molecule has 0 heterocycles. The maximum atomic E-state index is 11.4. The standard InChI is InChI=1S/C15H31NO3S/c1-5-15(6-2,11-20(16,17)18)10-19-14-8-12(3)7-13(4)9-14/h12-14H,5-11H2,1-4H3,(H2,16,17,18). The molecule has 2 N–H and O–H groups in total. The second-order valence-corrected chi connectivity index (χ2v) is 8.48. The zero-order valence-electron chi connectivity index (χ0n) is 13.4. The summed E-state index contributed by atoms with van der Waals surface area (Å²) in [7, 11) is -3.46. The van der Waals surface area contributed by atoms with E-state index in [-0.39, 0.29) is 17.3 Å². The van der Waals surface area contributed by atoms with Crippen molar-refractivity contribution in [3.05, 3.63) is 0 Å².